The van der Waals surface area contributed by atoms with E-state index in [0.29, 0.717) is 19.1 Å². The van der Waals surface area contributed by atoms with Crippen LogP contribution in [0.5, 0.6) is 0 Å². The van der Waals surface area contributed by atoms with Crippen LogP contribution < -0.4 is 10.6 Å². The molecule has 1 heterocycles. The molecule has 2 N–H and O–H groups in total. The van der Waals surface area contributed by atoms with E-state index < -0.39 is 0 Å². The summed E-state index contributed by atoms with van der Waals surface area (Å²) in [6.07, 6.45) is 2.10. The zero-order valence-electron chi connectivity index (χ0n) is 10.8. The highest BCUT2D eigenvalue weighted by molar-refractivity contribution is 5.85. The van der Waals surface area contributed by atoms with Gasteiger partial charge < -0.3 is 15.4 Å². The van der Waals surface area contributed by atoms with E-state index >= 15 is 0 Å². The molecule has 1 unspecified atom stereocenters. The van der Waals surface area contributed by atoms with E-state index in [4.69, 9.17) is 4.74 Å². The lowest BCUT2D eigenvalue weighted by atomic mass is 9.99. The molecule has 0 bridgehead atoms. The van der Waals surface area contributed by atoms with Gasteiger partial charge in [0.2, 0.25) is 5.91 Å². The van der Waals surface area contributed by atoms with Crippen LogP contribution in [0, 0.1) is 11.8 Å². The fraction of sp³-hybridized carbons (Fsp3) is 0.917. The molecule has 1 aliphatic rings. The van der Waals surface area contributed by atoms with E-state index in [1.165, 1.54) is 0 Å². The second-order valence-electron chi connectivity index (χ2n) is 4.80. The molecule has 1 atom stereocenters. The van der Waals surface area contributed by atoms with Crippen molar-refractivity contribution in [2.24, 2.45) is 11.8 Å². The third-order valence-electron chi connectivity index (χ3n) is 2.66. The second kappa shape index (κ2) is 9.68. The number of halogens is 1. The summed E-state index contributed by atoms with van der Waals surface area (Å²) in [6.45, 7) is 8.10. The van der Waals surface area contributed by atoms with Crippen molar-refractivity contribution >= 4 is 18.3 Å². The minimum atomic E-state index is 0. The molecule has 1 amide bonds. The van der Waals surface area contributed by atoms with E-state index in [1.54, 1.807) is 0 Å². The van der Waals surface area contributed by atoms with Gasteiger partial charge in [-0.15, -0.1) is 12.4 Å². The van der Waals surface area contributed by atoms with Gasteiger partial charge >= 0.3 is 0 Å². The minimum Gasteiger partial charge on any atom is -0.379 e. The van der Waals surface area contributed by atoms with Crippen molar-refractivity contribution in [1.29, 1.82) is 0 Å². The van der Waals surface area contributed by atoms with E-state index in [9.17, 15) is 4.79 Å². The number of ether oxygens (including phenoxy) is 1. The first-order valence-corrected chi connectivity index (χ1v) is 6.26. The van der Waals surface area contributed by atoms with Crippen LogP contribution >= 0.6 is 12.4 Å². The third-order valence-corrected chi connectivity index (χ3v) is 2.66. The maximum absolute atomic E-state index is 11.7. The van der Waals surface area contributed by atoms with Gasteiger partial charge in [0.05, 0.1) is 12.5 Å². The topological polar surface area (TPSA) is 50.4 Å². The summed E-state index contributed by atoms with van der Waals surface area (Å²) >= 11 is 0. The van der Waals surface area contributed by atoms with Crippen LogP contribution in [0.3, 0.4) is 0 Å². The van der Waals surface area contributed by atoms with E-state index in [-0.39, 0.29) is 24.2 Å². The van der Waals surface area contributed by atoms with E-state index in [0.717, 1.165) is 32.5 Å². The van der Waals surface area contributed by atoms with Crippen molar-refractivity contribution in [1.82, 2.24) is 10.6 Å². The number of carbonyl (C=O) groups is 1. The van der Waals surface area contributed by atoms with Crippen molar-refractivity contribution in [3.8, 4) is 0 Å². The Morgan fingerprint density at radius 3 is 2.88 bits per heavy atom. The number of rotatable bonds is 6. The third kappa shape index (κ3) is 7.58. The maximum atomic E-state index is 11.7. The highest BCUT2D eigenvalue weighted by Gasteiger charge is 2.19. The number of hydrogen-bond donors (Lipinski definition) is 2. The fourth-order valence-electron chi connectivity index (χ4n) is 1.79. The van der Waals surface area contributed by atoms with E-state index in [1.807, 2.05) is 0 Å². The second-order valence-corrected chi connectivity index (χ2v) is 4.80. The molecule has 17 heavy (non-hydrogen) atoms. The molecule has 0 saturated carbocycles. The number of carbonyl (C=O) groups excluding carboxylic acids is 1. The van der Waals surface area contributed by atoms with Crippen LogP contribution in [-0.4, -0.2) is 38.8 Å². The van der Waals surface area contributed by atoms with E-state index in [2.05, 4.69) is 24.5 Å². The van der Waals surface area contributed by atoms with Crippen molar-refractivity contribution in [3.05, 3.63) is 0 Å². The predicted octanol–water partition coefficient (Wildman–Crippen LogP) is 1.20. The molecule has 0 radical (unpaired) electrons. The number of nitrogens with one attached hydrogen (secondary N) is 2. The Morgan fingerprint density at radius 2 is 2.29 bits per heavy atom. The SMILES string of the molecule is CC(C)COCCNC(=O)C1CCCNC1.Cl. The number of piperidine rings is 1. The van der Waals surface area contributed by atoms with Gasteiger partial charge in [-0.05, 0) is 25.3 Å². The number of amides is 1. The largest absolute Gasteiger partial charge is 0.379 e. The summed E-state index contributed by atoms with van der Waals surface area (Å²) in [6, 6.07) is 0. The molecule has 4 nitrogen and oxygen atoms in total. The van der Waals surface area contributed by atoms with Crippen molar-refractivity contribution in [2.75, 3.05) is 32.8 Å². The molecular formula is C12H25ClN2O2. The quantitative estimate of drug-likeness (QED) is 0.709. The lowest BCUT2D eigenvalue weighted by molar-refractivity contribution is -0.125. The fourth-order valence-corrected chi connectivity index (χ4v) is 1.79. The molecule has 1 rings (SSSR count). The summed E-state index contributed by atoms with van der Waals surface area (Å²) in [5.41, 5.74) is 0. The van der Waals surface area contributed by atoms with Crippen LogP contribution in [-0.2, 0) is 9.53 Å². The Kier molecular flexibility index (Phi) is 9.50. The molecule has 0 aromatic heterocycles. The maximum Gasteiger partial charge on any atom is 0.224 e. The molecule has 1 fully saturated rings. The summed E-state index contributed by atoms with van der Waals surface area (Å²) in [5, 5.41) is 6.16. The normalized spacial score (nSPS) is 19.8. The average molecular weight is 265 g/mol. The Hall–Kier alpha value is -0.320. The summed E-state index contributed by atoms with van der Waals surface area (Å²) < 4.78 is 5.40. The van der Waals surface area contributed by atoms with Gasteiger partial charge in [0.1, 0.15) is 0 Å². The van der Waals surface area contributed by atoms with Gasteiger partial charge in [-0.1, -0.05) is 13.8 Å². The zero-order chi connectivity index (χ0) is 11.8. The first-order chi connectivity index (χ1) is 7.70. The van der Waals surface area contributed by atoms with Crippen molar-refractivity contribution in [2.45, 2.75) is 26.7 Å². The van der Waals surface area contributed by atoms with Crippen LogP contribution in [0.2, 0.25) is 0 Å². The van der Waals surface area contributed by atoms with Gasteiger partial charge in [0.15, 0.2) is 0 Å². The van der Waals surface area contributed by atoms with Crippen molar-refractivity contribution in [3.63, 3.8) is 0 Å². The smallest absolute Gasteiger partial charge is 0.224 e. The standard InChI is InChI=1S/C12H24N2O2.ClH/c1-10(2)9-16-7-6-14-12(15)11-4-3-5-13-8-11;/h10-11,13H,3-9H2,1-2H3,(H,14,15);1H. The molecule has 0 spiro atoms. The van der Waals surface area contributed by atoms with Crippen LogP contribution in [0.4, 0.5) is 0 Å². The van der Waals surface area contributed by atoms with Gasteiger partial charge in [-0.25, -0.2) is 0 Å². The lowest BCUT2D eigenvalue weighted by Gasteiger charge is -2.21. The molecule has 5 heteroatoms. The Morgan fingerprint density at radius 1 is 1.53 bits per heavy atom. The first-order valence-electron chi connectivity index (χ1n) is 6.26. The monoisotopic (exact) mass is 264 g/mol. The molecule has 0 aromatic rings. The summed E-state index contributed by atoms with van der Waals surface area (Å²) in [5.74, 6) is 0.873. The molecule has 1 saturated heterocycles. The number of hydrogen-bond acceptors (Lipinski definition) is 3. The van der Waals surface area contributed by atoms with Crippen LogP contribution in [0.15, 0.2) is 0 Å². The van der Waals surface area contributed by atoms with Gasteiger partial charge in [0.25, 0.3) is 0 Å². The lowest BCUT2D eigenvalue weighted by Crippen LogP contribution is -2.41. The highest BCUT2D eigenvalue weighted by Crippen LogP contribution is 2.09. The highest BCUT2D eigenvalue weighted by atomic mass is 35.5. The van der Waals surface area contributed by atoms with Crippen molar-refractivity contribution < 1.29 is 9.53 Å². The molecule has 1 aliphatic heterocycles. The molecular weight excluding hydrogens is 240 g/mol. The van der Waals surface area contributed by atoms with Gasteiger partial charge in [0, 0.05) is 19.7 Å². The average Bonchev–Trinajstić information content (AvgIpc) is 2.29. The Bertz CT molecular complexity index is 207. The van der Waals surface area contributed by atoms with Gasteiger partial charge in [-0.3, -0.25) is 4.79 Å². The minimum absolute atomic E-state index is 0. The summed E-state index contributed by atoms with van der Waals surface area (Å²) in [7, 11) is 0. The molecule has 0 aromatic carbocycles. The molecule has 102 valence electrons. The first kappa shape index (κ1) is 16.7. The predicted molar refractivity (Wildman–Crippen MR) is 71.5 cm³/mol. The Labute approximate surface area is 110 Å². The van der Waals surface area contributed by atoms with Gasteiger partial charge in [-0.2, -0.15) is 0 Å². The Balaban J connectivity index is 0.00000256. The van der Waals surface area contributed by atoms with Crippen LogP contribution in [0.25, 0.3) is 0 Å². The van der Waals surface area contributed by atoms with Crippen LogP contribution in [0.1, 0.15) is 26.7 Å². The zero-order valence-corrected chi connectivity index (χ0v) is 11.6. The summed E-state index contributed by atoms with van der Waals surface area (Å²) in [4.78, 5) is 11.7. The molecule has 0 aliphatic carbocycles.